The summed E-state index contributed by atoms with van der Waals surface area (Å²) < 4.78 is 0. The van der Waals surface area contributed by atoms with Gasteiger partial charge < -0.3 is 5.32 Å². The van der Waals surface area contributed by atoms with Crippen molar-refractivity contribution in [1.82, 2.24) is 5.32 Å². The number of unbranched alkanes of at least 4 members (excludes halogenated alkanes) is 1. The summed E-state index contributed by atoms with van der Waals surface area (Å²) in [7, 11) is 2.04. The van der Waals surface area contributed by atoms with E-state index in [1.165, 1.54) is 24.0 Å². The summed E-state index contributed by atoms with van der Waals surface area (Å²) in [6, 6.07) is 9.21. The first-order valence-corrected chi connectivity index (χ1v) is 6.43. The molecule has 0 saturated carbocycles. The fourth-order valence-electron chi connectivity index (χ4n) is 2.10. The predicted octanol–water partition coefficient (Wildman–Crippen LogP) is 3.32. The van der Waals surface area contributed by atoms with Crippen molar-refractivity contribution in [2.24, 2.45) is 0 Å². The normalized spacial score (nSPS) is 12.1. The van der Waals surface area contributed by atoms with Crippen LogP contribution in [0, 0.1) is 19.3 Å². The largest absolute Gasteiger partial charge is 0.317 e. The fraction of sp³-hybridized carbons (Fsp3) is 0.500. The molecule has 0 fully saturated rings. The molecule has 0 aromatic heterocycles. The van der Waals surface area contributed by atoms with Gasteiger partial charge in [0.25, 0.3) is 0 Å². The highest BCUT2D eigenvalue weighted by molar-refractivity contribution is 5.25. The molecule has 1 nitrogen and oxygen atoms in total. The molecule has 0 amide bonds. The molecule has 0 spiro atoms. The van der Waals surface area contributed by atoms with Crippen molar-refractivity contribution in [2.45, 2.75) is 45.1 Å². The van der Waals surface area contributed by atoms with E-state index in [0.29, 0.717) is 6.04 Å². The Bertz CT molecular complexity index is 362. The second-order valence-corrected chi connectivity index (χ2v) is 4.55. The number of nitrogens with one attached hydrogen (secondary N) is 1. The molecule has 1 rings (SSSR count). The SMILES string of the molecule is C#CCCCC(CCc1ccccc1C)NC. The molecule has 0 bridgehead atoms. The minimum Gasteiger partial charge on any atom is -0.317 e. The number of terminal acetylenes is 1. The van der Waals surface area contributed by atoms with Crippen LogP contribution in [0.2, 0.25) is 0 Å². The molecule has 1 aromatic rings. The molecule has 1 heteroatoms. The highest BCUT2D eigenvalue weighted by atomic mass is 14.9. The molecule has 92 valence electrons. The maximum Gasteiger partial charge on any atom is 0.00866 e. The quantitative estimate of drug-likeness (QED) is 0.558. The van der Waals surface area contributed by atoms with E-state index in [1.807, 2.05) is 7.05 Å². The summed E-state index contributed by atoms with van der Waals surface area (Å²) >= 11 is 0. The molecule has 0 aliphatic rings. The van der Waals surface area contributed by atoms with E-state index >= 15 is 0 Å². The van der Waals surface area contributed by atoms with Gasteiger partial charge in [0, 0.05) is 12.5 Å². The summed E-state index contributed by atoms with van der Waals surface area (Å²) in [6.07, 6.45) is 10.8. The Morgan fingerprint density at radius 2 is 2.06 bits per heavy atom. The second kappa shape index (κ2) is 7.92. The van der Waals surface area contributed by atoms with Crippen molar-refractivity contribution in [3.05, 3.63) is 35.4 Å². The third kappa shape index (κ3) is 5.06. The van der Waals surface area contributed by atoms with Crippen LogP contribution in [-0.4, -0.2) is 13.1 Å². The lowest BCUT2D eigenvalue weighted by Crippen LogP contribution is -2.25. The van der Waals surface area contributed by atoms with Crippen molar-refractivity contribution in [3.63, 3.8) is 0 Å². The lowest BCUT2D eigenvalue weighted by molar-refractivity contribution is 0.477. The third-order valence-corrected chi connectivity index (χ3v) is 3.31. The van der Waals surface area contributed by atoms with Crippen molar-refractivity contribution in [3.8, 4) is 12.3 Å². The Labute approximate surface area is 106 Å². The molecule has 0 aliphatic heterocycles. The molecule has 1 atom stereocenters. The van der Waals surface area contributed by atoms with Gasteiger partial charge in [-0.15, -0.1) is 12.3 Å². The van der Waals surface area contributed by atoms with Gasteiger partial charge >= 0.3 is 0 Å². The first-order valence-electron chi connectivity index (χ1n) is 6.43. The van der Waals surface area contributed by atoms with E-state index in [1.54, 1.807) is 0 Å². The minimum atomic E-state index is 0.586. The lowest BCUT2D eigenvalue weighted by atomic mass is 9.98. The summed E-state index contributed by atoms with van der Waals surface area (Å²) in [4.78, 5) is 0. The monoisotopic (exact) mass is 229 g/mol. The Hall–Kier alpha value is -1.26. The van der Waals surface area contributed by atoms with Crippen LogP contribution in [0.3, 0.4) is 0 Å². The standard InChI is InChI=1S/C16H23N/c1-4-5-6-11-16(17-3)13-12-15-10-8-7-9-14(15)2/h1,7-10,16-17H,5-6,11-13H2,2-3H3. The van der Waals surface area contributed by atoms with Gasteiger partial charge in [0.1, 0.15) is 0 Å². The summed E-state index contributed by atoms with van der Waals surface area (Å²) in [5.41, 5.74) is 2.86. The van der Waals surface area contributed by atoms with Gasteiger partial charge in [-0.25, -0.2) is 0 Å². The molecule has 0 aliphatic carbocycles. The highest BCUT2D eigenvalue weighted by Gasteiger charge is 2.06. The Balaban J connectivity index is 2.37. The minimum absolute atomic E-state index is 0.586. The zero-order chi connectivity index (χ0) is 12.5. The van der Waals surface area contributed by atoms with Crippen LogP contribution in [0.15, 0.2) is 24.3 Å². The van der Waals surface area contributed by atoms with Gasteiger partial charge in [-0.2, -0.15) is 0 Å². The van der Waals surface area contributed by atoms with Crippen LogP contribution >= 0.6 is 0 Å². The van der Waals surface area contributed by atoms with Crippen molar-refractivity contribution >= 4 is 0 Å². The zero-order valence-corrected chi connectivity index (χ0v) is 11.0. The second-order valence-electron chi connectivity index (χ2n) is 4.55. The molecule has 1 aromatic carbocycles. The summed E-state index contributed by atoms with van der Waals surface area (Å²) in [5.74, 6) is 2.70. The van der Waals surface area contributed by atoms with E-state index in [9.17, 15) is 0 Å². The molecular formula is C16H23N. The Morgan fingerprint density at radius 3 is 2.71 bits per heavy atom. The Morgan fingerprint density at radius 1 is 1.29 bits per heavy atom. The van der Waals surface area contributed by atoms with Crippen molar-refractivity contribution in [1.29, 1.82) is 0 Å². The highest BCUT2D eigenvalue weighted by Crippen LogP contribution is 2.13. The van der Waals surface area contributed by atoms with Gasteiger partial charge in [-0.05, 0) is 50.8 Å². The van der Waals surface area contributed by atoms with E-state index < -0.39 is 0 Å². The number of aryl methyl sites for hydroxylation is 2. The van der Waals surface area contributed by atoms with Gasteiger partial charge in [0.2, 0.25) is 0 Å². The maximum atomic E-state index is 5.27. The van der Waals surface area contributed by atoms with Gasteiger partial charge in [0.15, 0.2) is 0 Å². The Kier molecular flexibility index (Phi) is 6.43. The summed E-state index contributed by atoms with van der Waals surface area (Å²) in [6.45, 7) is 2.18. The average molecular weight is 229 g/mol. The van der Waals surface area contributed by atoms with Crippen LogP contribution in [-0.2, 0) is 6.42 Å². The molecule has 1 unspecified atom stereocenters. The van der Waals surface area contributed by atoms with Crippen LogP contribution < -0.4 is 5.32 Å². The smallest absolute Gasteiger partial charge is 0.00866 e. The van der Waals surface area contributed by atoms with Gasteiger partial charge in [-0.1, -0.05) is 24.3 Å². The average Bonchev–Trinajstić information content (AvgIpc) is 2.35. The van der Waals surface area contributed by atoms with Gasteiger partial charge in [0.05, 0.1) is 0 Å². The lowest BCUT2D eigenvalue weighted by Gasteiger charge is -2.16. The van der Waals surface area contributed by atoms with Crippen LogP contribution in [0.4, 0.5) is 0 Å². The predicted molar refractivity (Wildman–Crippen MR) is 75.0 cm³/mol. The van der Waals surface area contributed by atoms with Crippen LogP contribution in [0.5, 0.6) is 0 Å². The maximum absolute atomic E-state index is 5.27. The van der Waals surface area contributed by atoms with Crippen molar-refractivity contribution < 1.29 is 0 Å². The number of rotatable bonds is 7. The molecule has 1 N–H and O–H groups in total. The number of benzene rings is 1. The molecule has 0 heterocycles. The van der Waals surface area contributed by atoms with Crippen LogP contribution in [0.1, 0.15) is 36.8 Å². The first kappa shape index (κ1) is 13.8. The number of hydrogen-bond acceptors (Lipinski definition) is 1. The van der Waals surface area contributed by atoms with Gasteiger partial charge in [-0.3, -0.25) is 0 Å². The number of hydrogen-bond donors (Lipinski definition) is 1. The van der Waals surface area contributed by atoms with Crippen molar-refractivity contribution in [2.75, 3.05) is 7.05 Å². The first-order chi connectivity index (χ1) is 8.27. The van der Waals surface area contributed by atoms with E-state index in [-0.39, 0.29) is 0 Å². The zero-order valence-electron chi connectivity index (χ0n) is 11.0. The van der Waals surface area contributed by atoms with E-state index in [4.69, 9.17) is 6.42 Å². The fourth-order valence-corrected chi connectivity index (χ4v) is 2.10. The van der Waals surface area contributed by atoms with E-state index in [0.717, 1.165) is 19.3 Å². The van der Waals surface area contributed by atoms with E-state index in [2.05, 4.69) is 42.4 Å². The topological polar surface area (TPSA) is 12.0 Å². The molecule has 0 radical (unpaired) electrons. The molecule has 0 saturated heterocycles. The third-order valence-electron chi connectivity index (χ3n) is 3.31. The molecule has 17 heavy (non-hydrogen) atoms. The van der Waals surface area contributed by atoms with Crippen LogP contribution in [0.25, 0.3) is 0 Å². The molecular weight excluding hydrogens is 206 g/mol. The summed E-state index contributed by atoms with van der Waals surface area (Å²) in [5, 5.41) is 3.38.